The van der Waals surface area contributed by atoms with Crippen LogP contribution in [-0.2, 0) is 9.47 Å². The first-order valence-electron chi connectivity index (χ1n) is 7.49. The smallest absolute Gasteiger partial charge is 0.225 e. The van der Waals surface area contributed by atoms with E-state index < -0.39 is 0 Å². The second-order valence-corrected chi connectivity index (χ2v) is 5.72. The Morgan fingerprint density at radius 3 is 2.80 bits per heavy atom. The highest BCUT2D eigenvalue weighted by Gasteiger charge is 2.45. The van der Waals surface area contributed by atoms with Crippen LogP contribution in [0.3, 0.4) is 0 Å². The lowest BCUT2D eigenvalue weighted by atomic mass is 9.78. The van der Waals surface area contributed by atoms with E-state index in [0.29, 0.717) is 5.92 Å². The van der Waals surface area contributed by atoms with Crippen molar-refractivity contribution in [1.29, 1.82) is 0 Å². The van der Waals surface area contributed by atoms with E-state index in [-0.39, 0.29) is 5.60 Å². The van der Waals surface area contributed by atoms with Crippen LogP contribution < -0.4 is 4.90 Å². The fraction of sp³-hybridized carbons (Fsp3) is 0.733. The van der Waals surface area contributed by atoms with Gasteiger partial charge in [0.15, 0.2) is 0 Å². The van der Waals surface area contributed by atoms with Crippen LogP contribution in [0.5, 0.6) is 0 Å². The van der Waals surface area contributed by atoms with E-state index in [2.05, 4.69) is 14.9 Å². The zero-order valence-electron chi connectivity index (χ0n) is 12.1. The number of hydrogen-bond donors (Lipinski definition) is 0. The van der Waals surface area contributed by atoms with E-state index >= 15 is 0 Å². The first kappa shape index (κ1) is 13.8. The van der Waals surface area contributed by atoms with Crippen LogP contribution in [0.25, 0.3) is 0 Å². The summed E-state index contributed by atoms with van der Waals surface area (Å²) < 4.78 is 11.4. The summed E-state index contributed by atoms with van der Waals surface area (Å²) in [5, 5.41) is 0. The van der Waals surface area contributed by atoms with E-state index in [0.717, 1.165) is 51.5 Å². The monoisotopic (exact) mass is 277 g/mol. The van der Waals surface area contributed by atoms with Gasteiger partial charge in [-0.15, -0.1) is 0 Å². The highest BCUT2D eigenvalue weighted by Crippen LogP contribution is 2.42. The molecule has 2 saturated heterocycles. The maximum absolute atomic E-state index is 6.15. The molecule has 1 spiro atoms. The largest absolute Gasteiger partial charge is 0.385 e. The molecule has 0 bridgehead atoms. The molecule has 20 heavy (non-hydrogen) atoms. The van der Waals surface area contributed by atoms with Crippen molar-refractivity contribution in [3.05, 3.63) is 18.5 Å². The van der Waals surface area contributed by atoms with Gasteiger partial charge in [-0.05, 0) is 37.7 Å². The molecule has 5 heteroatoms. The number of piperidine rings is 1. The molecule has 0 N–H and O–H groups in total. The van der Waals surface area contributed by atoms with Gasteiger partial charge in [0.05, 0.1) is 5.60 Å². The van der Waals surface area contributed by atoms with Gasteiger partial charge in [-0.1, -0.05) is 0 Å². The molecular weight excluding hydrogens is 254 g/mol. The summed E-state index contributed by atoms with van der Waals surface area (Å²) in [6.45, 7) is 3.69. The minimum absolute atomic E-state index is 0.0732. The van der Waals surface area contributed by atoms with E-state index in [1.807, 2.05) is 6.07 Å². The third-order valence-corrected chi connectivity index (χ3v) is 4.72. The fourth-order valence-corrected chi connectivity index (χ4v) is 3.55. The maximum Gasteiger partial charge on any atom is 0.225 e. The van der Waals surface area contributed by atoms with Gasteiger partial charge in [-0.25, -0.2) is 9.97 Å². The lowest BCUT2D eigenvalue weighted by Gasteiger charge is -2.42. The molecule has 1 aromatic rings. The van der Waals surface area contributed by atoms with Crippen molar-refractivity contribution in [2.75, 3.05) is 38.3 Å². The Morgan fingerprint density at radius 2 is 2.10 bits per heavy atom. The molecule has 0 aliphatic carbocycles. The number of anilines is 1. The summed E-state index contributed by atoms with van der Waals surface area (Å²) in [6.07, 6.45) is 8.03. The SMILES string of the molecule is COCCC1CCOC12CCN(c1ncccn1)CC2. The van der Waals surface area contributed by atoms with Gasteiger partial charge in [0, 0.05) is 45.8 Å². The molecule has 2 aliphatic rings. The summed E-state index contributed by atoms with van der Waals surface area (Å²) in [5.41, 5.74) is 0.0732. The Balaban J connectivity index is 1.62. The molecule has 5 nitrogen and oxygen atoms in total. The van der Waals surface area contributed by atoms with Crippen LogP contribution in [0.4, 0.5) is 5.95 Å². The minimum atomic E-state index is 0.0732. The van der Waals surface area contributed by atoms with Crippen LogP contribution in [0.1, 0.15) is 25.7 Å². The first-order chi connectivity index (χ1) is 9.84. The second kappa shape index (κ2) is 6.06. The number of methoxy groups -OCH3 is 1. The summed E-state index contributed by atoms with van der Waals surface area (Å²) in [5.74, 6) is 1.48. The topological polar surface area (TPSA) is 47.5 Å². The molecule has 1 unspecified atom stereocenters. The fourth-order valence-electron chi connectivity index (χ4n) is 3.55. The van der Waals surface area contributed by atoms with Crippen molar-refractivity contribution in [2.24, 2.45) is 5.92 Å². The van der Waals surface area contributed by atoms with Crippen LogP contribution in [0.15, 0.2) is 18.5 Å². The van der Waals surface area contributed by atoms with E-state index in [9.17, 15) is 0 Å². The van der Waals surface area contributed by atoms with Gasteiger partial charge in [0.1, 0.15) is 0 Å². The zero-order chi connectivity index (χ0) is 13.8. The number of nitrogens with zero attached hydrogens (tertiary/aromatic N) is 3. The normalized spacial score (nSPS) is 25.2. The third kappa shape index (κ3) is 2.65. The lowest BCUT2D eigenvalue weighted by molar-refractivity contribution is -0.0458. The molecule has 2 fully saturated rings. The van der Waals surface area contributed by atoms with Gasteiger partial charge in [0.25, 0.3) is 0 Å². The minimum Gasteiger partial charge on any atom is -0.385 e. The van der Waals surface area contributed by atoms with Crippen molar-refractivity contribution in [1.82, 2.24) is 9.97 Å². The zero-order valence-corrected chi connectivity index (χ0v) is 12.1. The molecule has 1 aromatic heterocycles. The highest BCUT2D eigenvalue weighted by molar-refractivity contribution is 5.30. The number of hydrogen-bond acceptors (Lipinski definition) is 5. The van der Waals surface area contributed by atoms with Gasteiger partial charge in [0.2, 0.25) is 5.95 Å². The molecule has 0 radical (unpaired) electrons. The maximum atomic E-state index is 6.15. The van der Waals surface area contributed by atoms with E-state index in [1.165, 1.54) is 6.42 Å². The average molecular weight is 277 g/mol. The number of rotatable bonds is 4. The number of aromatic nitrogens is 2. The van der Waals surface area contributed by atoms with Gasteiger partial charge in [-0.2, -0.15) is 0 Å². The summed E-state index contributed by atoms with van der Waals surface area (Å²) in [6, 6.07) is 1.86. The van der Waals surface area contributed by atoms with Gasteiger partial charge < -0.3 is 14.4 Å². The summed E-state index contributed by atoms with van der Waals surface area (Å²) >= 11 is 0. The van der Waals surface area contributed by atoms with Crippen molar-refractivity contribution >= 4 is 5.95 Å². The van der Waals surface area contributed by atoms with Gasteiger partial charge in [-0.3, -0.25) is 0 Å². The molecule has 2 aliphatic heterocycles. The summed E-state index contributed by atoms with van der Waals surface area (Å²) in [7, 11) is 1.78. The first-order valence-corrected chi connectivity index (χ1v) is 7.49. The van der Waals surface area contributed by atoms with Crippen LogP contribution in [0, 0.1) is 5.92 Å². The van der Waals surface area contributed by atoms with Crippen LogP contribution in [0.2, 0.25) is 0 Å². The highest BCUT2D eigenvalue weighted by atomic mass is 16.5. The Kier molecular flexibility index (Phi) is 4.17. The third-order valence-electron chi connectivity index (χ3n) is 4.72. The molecule has 1 atom stereocenters. The Morgan fingerprint density at radius 1 is 1.35 bits per heavy atom. The molecule has 0 saturated carbocycles. The van der Waals surface area contributed by atoms with Crippen LogP contribution >= 0.6 is 0 Å². The van der Waals surface area contributed by atoms with Crippen molar-refractivity contribution in [3.63, 3.8) is 0 Å². The number of ether oxygens (including phenoxy) is 2. The van der Waals surface area contributed by atoms with Crippen LogP contribution in [-0.4, -0.2) is 49.0 Å². The average Bonchev–Trinajstić information content (AvgIpc) is 2.89. The molecule has 0 amide bonds. The summed E-state index contributed by atoms with van der Waals surface area (Å²) in [4.78, 5) is 10.9. The van der Waals surface area contributed by atoms with E-state index in [4.69, 9.17) is 9.47 Å². The molecule has 3 rings (SSSR count). The predicted molar refractivity (Wildman–Crippen MR) is 76.8 cm³/mol. The van der Waals surface area contributed by atoms with E-state index in [1.54, 1.807) is 19.5 Å². The Hall–Kier alpha value is -1.20. The van der Waals surface area contributed by atoms with Crippen molar-refractivity contribution in [2.45, 2.75) is 31.3 Å². The van der Waals surface area contributed by atoms with Crippen molar-refractivity contribution < 1.29 is 9.47 Å². The standard InChI is InChI=1S/C15H23N3O2/c1-19-11-3-13-4-12-20-15(13)5-9-18(10-6-15)14-16-7-2-8-17-14/h2,7-8,13H,3-6,9-12H2,1H3. The van der Waals surface area contributed by atoms with Crippen molar-refractivity contribution in [3.8, 4) is 0 Å². The Labute approximate surface area is 120 Å². The quantitative estimate of drug-likeness (QED) is 0.841. The predicted octanol–water partition coefficient (Wildman–Crippen LogP) is 1.89. The molecule has 110 valence electrons. The Bertz CT molecular complexity index is 418. The van der Waals surface area contributed by atoms with Gasteiger partial charge >= 0.3 is 0 Å². The lowest BCUT2D eigenvalue weighted by Crippen LogP contribution is -2.48. The molecule has 0 aromatic carbocycles. The molecular formula is C15H23N3O2. The molecule has 3 heterocycles. The second-order valence-electron chi connectivity index (χ2n) is 5.72.